The van der Waals surface area contributed by atoms with Gasteiger partial charge in [-0.15, -0.1) is 0 Å². The van der Waals surface area contributed by atoms with Crippen molar-refractivity contribution in [2.24, 2.45) is 0 Å². The summed E-state index contributed by atoms with van der Waals surface area (Å²) < 4.78 is 4.97. The third-order valence-electron chi connectivity index (χ3n) is 4.14. The zero-order valence-corrected chi connectivity index (χ0v) is 12.4. The molecule has 0 aliphatic rings. The number of hydrogen-bond donors (Lipinski definition) is 1. The Kier molecular flexibility index (Phi) is 3.49. The molecule has 0 aliphatic carbocycles. The Bertz CT molecular complexity index is 978. The van der Waals surface area contributed by atoms with Crippen LogP contribution in [0.4, 0.5) is 0 Å². The van der Waals surface area contributed by atoms with E-state index in [2.05, 4.69) is 54.6 Å². The lowest BCUT2D eigenvalue weighted by molar-refractivity contribution is 0.454. The fourth-order valence-corrected chi connectivity index (χ4v) is 3.07. The van der Waals surface area contributed by atoms with Gasteiger partial charge in [0.1, 0.15) is 5.75 Å². The molecular formula is C20H14BO2. The normalized spacial score (nSPS) is 10.8. The van der Waals surface area contributed by atoms with E-state index >= 15 is 0 Å². The lowest BCUT2D eigenvalue weighted by atomic mass is 9.95. The van der Waals surface area contributed by atoms with Crippen LogP contribution < -0.4 is 4.65 Å². The maximum atomic E-state index is 8.70. The first-order valence-corrected chi connectivity index (χ1v) is 7.50. The molecule has 0 fully saturated rings. The second-order valence-corrected chi connectivity index (χ2v) is 5.44. The molecule has 4 rings (SSSR count). The zero-order valence-electron chi connectivity index (χ0n) is 12.4. The molecule has 0 atom stereocenters. The van der Waals surface area contributed by atoms with Crippen LogP contribution in [0.2, 0.25) is 0 Å². The molecule has 0 saturated heterocycles. The van der Waals surface area contributed by atoms with Gasteiger partial charge in [0.2, 0.25) is 0 Å². The second kappa shape index (κ2) is 5.78. The van der Waals surface area contributed by atoms with Crippen LogP contribution in [0.15, 0.2) is 78.9 Å². The minimum absolute atomic E-state index is 0.613. The molecule has 4 aromatic rings. The van der Waals surface area contributed by atoms with Gasteiger partial charge in [0, 0.05) is 0 Å². The smallest absolute Gasteiger partial charge is 0.537 e. The van der Waals surface area contributed by atoms with Crippen molar-refractivity contribution in [2.75, 3.05) is 0 Å². The third kappa shape index (κ3) is 2.45. The summed E-state index contributed by atoms with van der Waals surface area (Å²) in [7, 11) is 0.694. The molecule has 0 aliphatic heterocycles. The van der Waals surface area contributed by atoms with E-state index in [1.54, 1.807) is 0 Å². The predicted molar refractivity (Wildman–Crippen MR) is 95.5 cm³/mol. The maximum Gasteiger partial charge on any atom is 0.569 e. The topological polar surface area (TPSA) is 29.5 Å². The van der Waals surface area contributed by atoms with Gasteiger partial charge in [-0.25, -0.2) is 0 Å². The van der Waals surface area contributed by atoms with E-state index in [4.69, 9.17) is 9.68 Å². The molecule has 0 heterocycles. The van der Waals surface area contributed by atoms with Crippen LogP contribution in [0.1, 0.15) is 0 Å². The minimum atomic E-state index is 0.613. The molecule has 3 heteroatoms. The van der Waals surface area contributed by atoms with Gasteiger partial charge >= 0.3 is 7.69 Å². The third-order valence-corrected chi connectivity index (χ3v) is 4.14. The number of hydrogen-bond acceptors (Lipinski definition) is 2. The molecule has 1 radical (unpaired) electrons. The summed E-state index contributed by atoms with van der Waals surface area (Å²) >= 11 is 0. The monoisotopic (exact) mass is 297 g/mol. The van der Waals surface area contributed by atoms with Crippen LogP contribution in [-0.2, 0) is 0 Å². The van der Waals surface area contributed by atoms with Gasteiger partial charge in [0.15, 0.2) is 0 Å². The Labute approximate surface area is 135 Å². The molecule has 0 bridgehead atoms. The van der Waals surface area contributed by atoms with Crippen LogP contribution in [0.5, 0.6) is 5.75 Å². The lowest BCUT2D eigenvalue weighted by Crippen LogP contribution is -1.99. The van der Waals surface area contributed by atoms with E-state index in [0.717, 1.165) is 5.56 Å². The Balaban J connectivity index is 1.91. The lowest BCUT2D eigenvalue weighted by Gasteiger charge is -2.10. The summed E-state index contributed by atoms with van der Waals surface area (Å²) in [6, 6.07) is 26.9. The quantitative estimate of drug-likeness (QED) is 0.443. The van der Waals surface area contributed by atoms with Crippen LogP contribution in [0, 0.1) is 0 Å². The standard InChI is InChI=1S/C20H14BO2/c22-21-23-16-11-8-15(9-12-16)18-6-3-7-19-17-5-2-1-4-14(17)10-13-20(18)19/h1-13,22H. The van der Waals surface area contributed by atoms with Gasteiger partial charge < -0.3 is 9.68 Å². The molecule has 0 amide bonds. The van der Waals surface area contributed by atoms with Crippen molar-refractivity contribution in [3.05, 3.63) is 78.9 Å². The maximum absolute atomic E-state index is 8.70. The Morgan fingerprint density at radius 2 is 1.43 bits per heavy atom. The minimum Gasteiger partial charge on any atom is -0.537 e. The first-order chi connectivity index (χ1) is 11.4. The fraction of sp³-hybridized carbons (Fsp3) is 0. The summed E-state index contributed by atoms with van der Waals surface area (Å²) in [6.45, 7) is 0. The van der Waals surface area contributed by atoms with Crippen LogP contribution in [0.3, 0.4) is 0 Å². The van der Waals surface area contributed by atoms with Gasteiger partial charge in [0.25, 0.3) is 0 Å². The summed E-state index contributed by atoms with van der Waals surface area (Å²) in [5.41, 5.74) is 2.31. The van der Waals surface area contributed by atoms with Crippen molar-refractivity contribution in [1.29, 1.82) is 0 Å². The number of fused-ring (bicyclic) bond motifs is 3. The number of rotatable bonds is 3. The van der Waals surface area contributed by atoms with E-state index in [-0.39, 0.29) is 0 Å². The summed E-state index contributed by atoms with van der Waals surface area (Å²) in [6.07, 6.45) is 0. The van der Waals surface area contributed by atoms with Crippen LogP contribution in [0.25, 0.3) is 32.7 Å². The Morgan fingerprint density at radius 1 is 0.652 bits per heavy atom. The molecule has 0 aromatic heterocycles. The van der Waals surface area contributed by atoms with E-state index in [1.807, 2.05) is 24.3 Å². The molecule has 0 unspecified atom stereocenters. The molecule has 1 N–H and O–H groups in total. The fourth-order valence-electron chi connectivity index (χ4n) is 3.07. The summed E-state index contributed by atoms with van der Waals surface area (Å²) in [4.78, 5) is 0. The van der Waals surface area contributed by atoms with Crippen LogP contribution in [-0.4, -0.2) is 12.7 Å². The summed E-state index contributed by atoms with van der Waals surface area (Å²) in [5.74, 6) is 0.613. The highest BCUT2D eigenvalue weighted by Gasteiger charge is 2.06. The van der Waals surface area contributed by atoms with Crippen molar-refractivity contribution in [3.63, 3.8) is 0 Å². The van der Waals surface area contributed by atoms with Crippen molar-refractivity contribution >= 4 is 29.2 Å². The van der Waals surface area contributed by atoms with Crippen LogP contribution >= 0.6 is 0 Å². The van der Waals surface area contributed by atoms with E-state index in [1.165, 1.54) is 27.1 Å². The molecule has 4 aromatic carbocycles. The zero-order chi connectivity index (χ0) is 15.6. The van der Waals surface area contributed by atoms with Gasteiger partial charge in [-0.05, 0) is 44.8 Å². The van der Waals surface area contributed by atoms with Crippen molar-refractivity contribution < 1.29 is 9.68 Å². The highest BCUT2D eigenvalue weighted by molar-refractivity contribution is 6.17. The average molecular weight is 297 g/mol. The van der Waals surface area contributed by atoms with E-state index < -0.39 is 0 Å². The van der Waals surface area contributed by atoms with Gasteiger partial charge in [-0.1, -0.05) is 66.7 Å². The SMILES string of the molecule is O[B]Oc1ccc(-c2cccc3c2ccc2ccccc23)cc1. The largest absolute Gasteiger partial charge is 0.569 e. The van der Waals surface area contributed by atoms with Crippen molar-refractivity contribution in [3.8, 4) is 16.9 Å². The first kappa shape index (κ1) is 13.9. The van der Waals surface area contributed by atoms with E-state index in [0.29, 0.717) is 13.4 Å². The Morgan fingerprint density at radius 3 is 2.26 bits per heavy atom. The van der Waals surface area contributed by atoms with Gasteiger partial charge in [0.05, 0.1) is 0 Å². The van der Waals surface area contributed by atoms with Gasteiger partial charge in [-0.2, -0.15) is 0 Å². The van der Waals surface area contributed by atoms with Gasteiger partial charge in [-0.3, -0.25) is 0 Å². The molecule has 2 nitrogen and oxygen atoms in total. The van der Waals surface area contributed by atoms with E-state index in [9.17, 15) is 0 Å². The summed E-state index contributed by atoms with van der Waals surface area (Å²) in [5, 5.41) is 13.7. The first-order valence-electron chi connectivity index (χ1n) is 7.50. The molecular weight excluding hydrogens is 283 g/mol. The molecule has 109 valence electrons. The second-order valence-electron chi connectivity index (χ2n) is 5.44. The highest BCUT2D eigenvalue weighted by Crippen LogP contribution is 2.33. The predicted octanol–water partition coefficient (Wildman–Crippen LogP) is 4.57. The number of benzene rings is 4. The average Bonchev–Trinajstić information content (AvgIpc) is 2.62. The highest BCUT2D eigenvalue weighted by atomic mass is 16.5. The molecule has 0 saturated carbocycles. The molecule has 23 heavy (non-hydrogen) atoms. The van der Waals surface area contributed by atoms with Crippen molar-refractivity contribution in [1.82, 2.24) is 0 Å². The van der Waals surface area contributed by atoms with Crippen molar-refractivity contribution in [2.45, 2.75) is 0 Å². The molecule has 0 spiro atoms. The Hall–Kier alpha value is -2.78.